The SMILES string of the molecule is NS(=O)(=O)c1ccccc1-c1nc(-c2cccc([N+](=O)[O-])c2)cs1. The number of nitro benzene ring substituents is 1. The number of thiazole rings is 1. The average molecular weight is 361 g/mol. The molecule has 0 aliphatic rings. The van der Waals surface area contributed by atoms with E-state index < -0.39 is 14.9 Å². The second kappa shape index (κ2) is 6.11. The van der Waals surface area contributed by atoms with Gasteiger partial charge in [-0.25, -0.2) is 18.5 Å². The number of hydrogen-bond acceptors (Lipinski definition) is 6. The Labute approximate surface area is 141 Å². The van der Waals surface area contributed by atoms with Crippen LogP contribution in [0.1, 0.15) is 0 Å². The molecule has 0 spiro atoms. The Balaban J connectivity index is 2.07. The Morgan fingerprint density at radius 1 is 1.12 bits per heavy atom. The van der Waals surface area contributed by atoms with Crippen LogP contribution in [0.3, 0.4) is 0 Å². The topological polar surface area (TPSA) is 116 Å². The molecule has 0 saturated carbocycles. The fourth-order valence-corrected chi connectivity index (χ4v) is 3.87. The molecule has 1 aromatic heterocycles. The Hall–Kier alpha value is -2.62. The molecule has 0 aliphatic carbocycles. The minimum absolute atomic E-state index is 0.00931. The number of hydrogen-bond donors (Lipinski definition) is 1. The molecule has 2 aromatic carbocycles. The summed E-state index contributed by atoms with van der Waals surface area (Å²) < 4.78 is 23.4. The summed E-state index contributed by atoms with van der Waals surface area (Å²) in [4.78, 5) is 14.8. The first-order valence-corrected chi connectivity index (χ1v) is 9.11. The highest BCUT2D eigenvalue weighted by Crippen LogP contribution is 2.33. The van der Waals surface area contributed by atoms with Crippen molar-refractivity contribution in [3.63, 3.8) is 0 Å². The summed E-state index contributed by atoms with van der Waals surface area (Å²) >= 11 is 1.24. The van der Waals surface area contributed by atoms with E-state index in [1.165, 1.54) is 29.5 Å². The smallest absolute Gasteiger partial charge is 0.258 e. The Morgan fingerprint density at radius 3 is 2.58 bits per heavy atom. The Kier molecular flexibility index (Phi) is 4.14. The molecular weight excluding hydrogens is 350 g/mol. The molecule has 0 fully saturated rings. The number of non-ortho nitro benzene ring substituents is 1. The van der Waals surface area contributed by atoms with Crippen molar-refractivity contribution < 1.29 is 13.3 Å². The molecule has 0 amide bonds. The van der Waals surface area contributed by atoms with Crippen LogP contribution in [0.25, 0.3) is 21.8 Å². The first-order valence-electron chi connectivity index (χ1n) is 6.69. The highest BCUT2D eigenvalue weighted by Gasteiger charge is 2.17. The van der Waals surface area contributed by atoms with Gasteiger partial charge >= 0.3 is 0 Å². The summed E-state index contributed by atoms with van der Waals surface area (Å²) in [5.41, 5.74) is 1.48. The molecule has 0 aliphatic heterocycles. The fraction of sp³-hybridized carbons (Fsp3) is 0. The Morgan fingerprint density at radius 2 is 1.88 bits per heavy atom. The van der Waals surface area contributed by atoms with E-state index in [2.05, 4.69) is 4.98 Å². The fourth-order valence-electron chi connectivity index (χ4n) is 2.20. The summed E-state index contributed by atoms with van der Waals surface area (Å²) in [5, 5.41) is 18.3. The minimum Gasteiger partial charge on any atom is -0.258 e. The molecule has 2 N–H and O–H groups in total. The maximum Gasteiger partial charge on any atom is 0.270 e. The molecule has 0 bridgehead atoms. The van der Waals surface area contributed by atoms with Gasteiger partial charge in [-0.3, -0.25) is 10.1 Å². The highest BCUT2D eigenvalue weighted by atomic mass is 32.2. The van der Waals surface area contributed by atoms with Gasteiger partial charge in [-0.1, -0.05) is 30.3 Å². The predicted molar refractivity (Wildman–Crippen MR) is 91.0 cm³/mol. The number of nitrogens with zero attached hydrogens (tertiary/aromatic N) is 2. The molecule has 7 nitrogen and oxygen atoms in total. The Bertz CT molecular complexity index is 1030. The van der Waals surface area contributed by atoms with Crippen molar-refractivity contribution in [3.8, 4) is 21.8 Å². The number of sulfonamides is 1. The van der Waals surface area contributed by atoms with E-state index in [1.54, 1.807) is 35.7 Å². The van der Waals surface area contributed by atoms with Crippen molar-refractivity contribution >= 4 is 27.0 Å². The molecule has 0 saturated heterocycles. The molecule has 0 unspecified atom stereocenters. The zero-order valence-corrected chi connectivity index (χ0v) is 13.8. The third kappa shape index (κ3) is 3.18. The van der Waals surface area contributed by atoms with Gasteiger partial charge < -0.3 is 0 Å². The van der Waals surface area contributed by atoms with Crippen molar-refractivity contribution in [3.05, 3.63) is 64.0 Å². The number of primary sulfonamides is 1. The maximum atomic E-state index is 11.7. The van der Waals surface area contributed by atoms with E-state index in [0.717, 1.165) is 0 Å². The van der Waals surface area contributed by atoms with Crippen LogP contribution < -0.4 is 5.14 Å². The zero-order chi connectivity index (χ0) is 17.3. The lowest BCUT2D eigenvalue weighted by molar-refractivity contribution is -0.384. The van der Waals surface area contributed by atoms with Crippen LogP contribution in [0.15, 0.2) is 58.8 Å². The third-order valence-corrected chi connectivity index (χ3v) is 5.13. The molecule has 1 heterocycles. The number of aromatic nitrogens is 1. The van der Waals surface area contributed by atoms with Gasteiger partial charge in [0.25, 0.3) is 5.69 Å². The van der Waals surface area contributed by atoms with Crippen molar-refractivity contribution in [1.29, 1.82) is 0 Å². The van der Waals surface area contributed by atoms with Gasteiger partial charge in [0.05, 0.1) is 15.5 Å². The number of benzene rings is 2. The van der Waals surface area contributed by atoms with Crippen molar-refractivity contribution in [2.24, 2.45) is 5.14 Å². The number of rotatable bonds is 4. The summed E-state index contributed by atoms with van der Waals surface area (Å²) in [6.07, 6.45) is 0. The van der Waals surface area contributed by atoms with E-state index in [9.17, 15) is 18.5 Å². The van der Waals surface area contributed by atoms with Crippen LogP contribution in [-0.4, -0.2) is 18.3 Å². The van der Waals surface area contributed by atoms with E-state index >= 15 is 0 Å². The quantitative estimate of drug-likeness (QED) is 0.566. The maximum absolute atomic E-state index is 11.7. The lowest BCUT2D eigenvalue weighted by Crippen LogP contribution is -2.13. The molecule has 9 heteroatoms. The molecule has 3 aromatic rings. The summed E-state index contributed by atoms with van der Waals surface area (Å²) in [7, 11) is -3.88. The number of nitro groups is 1. The largest absolute Gasteiger partial charge is 0.270 e. The van der Waals surface area contributed by atoms with Crippen molar-refractivity contribution in [2.75, 3.05) is 0 Å². The van der Waals surface area contributed by atoms with Gasteiger partial charge in [0.15, 0.2) is 0 Å². The second-order valence-electron chi connectivity index (χ2n) is 4.89. The highest BCUT2D eigenvalue weighted by molar-refractivity contribution is 7.89. The van der Waals surface area contributed by atoms with Gasteiger partial charge in [0, 0.05) is 28.6 Å². The van der Waals surface area contributed by atoms with Gasteiger partial charge in [0.2, 0.25) is 10.0 Å². The molecule has 122 valence electrons. The number of nitrogens with two attached hydrogens (primary N) is 1. The van der Waals surface area contributed by atoms with Crippen LogP contribution >= 0.6 is 11.3 Å². The monoisotopic (exact) mass is 361 g/mol. The van der Waals surface area contributed by atoms with Gasteiger partial charge in [-0.05, 0) is 6.07 Å². The summed E-state index contributed by atoms with van der Waals surface area (Å²) in [6.45, 7) is 0. The van der Waals surface area contributed by atoms with Crippen LogP contribution in [0.5, 0.6) is 0 Å². The average Bonchev–Trinajstić information content (AvgIpc) is 3.04. The van der Waals surface area contributed by atoms with E-state index in [4.69, 9.17) is 5.14 Å². The normalized spacial score (nSPS) is 11.4. The van der Waals surface area contributed by atoms with E-state index in [1.807, 2.05) is 0 Å². The lowest BCUT2D eigenvalue weighted by Gasteiger charge is -2.04. The van der Waals surface area contributed by atoms with Gasteiger partial charge in [0.1, 0.15) is 5.01 Å². The molecule has 0 atom stereocenters. The first-order chi connectivity index (χ1) is 11.4. The van der Waals surface area contributed by atoms with Crippen LogP contribution in [0.2, 0.25) is 0 Å². The van der Waals surface area contributed by atoms with Crippen molar-refractivity contribution in [1.82, 2.24) is 4.98 Å². The zero-order valence-electron chi connectivity index (χ0n) is 12.1. The van der Waals surface area contributed by atoms with E-state index in [0.29, 0.717) is 21.8 Å². The second-order valence-corrected chi connectivity index (χ2v) is 7.27. The third-order valence-electron chi connectivity index (χ3n) is 3.28. The molecular formula is C15H11N3O4S2. The standard InChI is InChI=1S/C15H11N3O4S2/c16-24(21,22)14-7-2-1-6-12(14)15-17-13(9-23-15)10-4-3-5-11(8-10)18(19)20/h1-9H,(H2,16,21,22). The lowest BCUT2D eigenvalue weighted by atomic mass is 10.1. The molecule has 3 rings (SSSR count). The van der Waals surface area contributed by atoms with Gasteiger partial charge in [-0.15, -0.1) is 11.3 Å². The molecule has 0 radical (unpaired) electrons. The first kappa shape index (κ1) is 16.2. The van der Waals surface area contributed by atoms with Crippen LogP contribution in [0.4, 0.5) is 5.69 Å². The van der Waals surface area contributed by atoms with Crippen LogP contribution in [0, 0.1) is 10.1 Å². The van der Waals surface area contributed by atoms with Crippen molar-refractivity contribution in [2.45, 2.75) is 4.90 Å². The van der Waals surface area contributed by atoms with Crippen LogP contribution in [-0.2, 0) is 10.0 Å². The summed E-state index contributed by atoms with van der Waals surface area (Å²) in [6, 6.07) is 12.4. The van der Waals surface area contributed by atoms with Gasteiger partial charge in [-0.2, -0.15) is 0 Å². The summed E-state index contributed by atoms with van der Waals surface area (Å²) in [5.74, 6) is 0. The minimum atomic E-state index is -3.88. The predicted octanol–water partition coefficient (Wildman–Crippen LogP) is 3.03. The molecule has 24 heavy (non-hydrogen) atoms. The van der Waals surface area contributed by atoms with E-state index in [-0.39, 0.29) is 10.6 Å².